The van der Waals surface area contributed by atoms with Gasteiger partial charge in [0.2, 0.25) is 0 Å². The van der Waals surface area contributed by atoms with Crippen LogP contribution in [0.2, 0.25) is 0 Å². The van der Waals surface area contributed by atoms with Crippen molar-refractivity contribution >= 4 is 5.57 Å². The summed E-state index contributed by atoms with van der Waals surface area (Å²) in [6.07, 6.45) is 9.04. The molecule has 2 aromatic heterocycles. The lowest BCUT2D eigenvalue weighted by atomic mass is 9.82. The zero-order valence-electron chi connectivity index (χ0n) is 15.9. The number of nitrogens with zero attached hydrogens (tertiary/aromatic N) is 1. The molecule has 0 aliphatic heterocycles. The van der Waals surface area contributed by atoms with Crippen LogP contribution < -0.4 is 11.2 Å². The summed E-state index contributed by atoms with van der Waals surface area (Å²) in [5.74, 6) is 0.134. The predicted octanol–water partition coefficient (Wildman–Crippen LogP) is 3.71. The van der Waals surface area contributed by atoms with Gasteiger partial charge in [-0.15, -0.1) is 0 Å². The van der Waals surface area contributed by atoms with Crippen LogP contribution in [0.15, 0.2) is 64.5 Å². The quantitative estimate of drug-likeness (QED) is 0.732. The molecule has 0 bridgehead atoms. The number of hydrogen-bond acceptors (Lipinski definition) is 3. The minimum atomic E-state index is -0.435. The maximum absolute atomic E-state index is 12.5. The number of H-pyrrole nitrogens is 2. The van der Waals surface area contributed by atoms with Gasteiger partial charge in [-0.25, -0.2) is 4.79 Å². The fraction of sp³-hybridized carbons (Fsp3) is 0.261. The Morgan fingerprint density at radius 3 is 2.64 bits per heavy atom. The second kappa shape index (κ2) is 7.80. The van der Waals surface area contributed by atoms with Gasteiger partial charge in [0.15, 0.2) is 0 Å². The number of pyridine rings is 1. The fourth-order valence-corrected chi connectivity index (χ4v) is 3.99. The molecule has 1 aliphatic carbocycles. The average molecular weight is 373 g/mol. The lowest BCUT2D eigenvalue weighted by Crippen LogP contribution is -2.30. The molecule has 2 heterocycles. The van der Waals surface area contributed by atoms with Crippen LogP contribution in [0.25, 0.3) is 5.57 Å². The normalized spacial score (nSPS) is 16.6. The van der Waals surface area contributed by atoms with Crippen molar-refractivity contribution in [3.8, 4) is 0 Å². The summed E-state index contributed by atoms with van der Waals surface area (Å²) in [5, 5.41) is 0. The number of aryl methyl sites for hydroxylation is 1. The molecule has 142 valence electrons. The molecule has 0 radical (unpaired) electrons. The van der Waals surface area contributed by atoms with Gasteiger partial charge in [-0.3, -0.25) is 14.8 Å². The van der Waals surface area contributed by atoms with E-state index in [2.05, 4.69) is 28.0 Å². The van der Waals surface area contributed by atoms with Crippen LogP contribution in [0.1, 0.15) is 53.1 Å². The van der Waals surface area contributed by atoms with E-state index in [9.17, 15) is 9.59 Å². The van der Waals surface area contributed by atoms with Gasteiger partial charge in [-0.2, -0.15) is 0 Å². The van der Waals surface area contributed by atoms with Crippen LogP contribution in [-0.4, -0.2) is 15.0 Å². The maximum Gasteiger partial charge on any atom is 0.325 e. The Bertz CT molecular complexity index is 1130. The molecule has 5 nitrogen and oxygen atoms in total. The molecule has 0 amide bonds. The number of aromatic nitrogens is 3. The fourth-order valence-electron chi connectivity index (χ4n) is 3.99. The van der Waals surface area contributed by atoms with Gasteiger partial charge in [0.25, 0.3) is 5.56 Å². The molecule has 1 atom stereocenters. The van der Waals surface area contributed by atoms with E-state index in [1.807, 2.05) is 48.8 Å². The first-order valence-corrected chi connectivity index (χ1v) is 9.61. The standard InChI is InChI=1S/C23H23N3O2/c1-15-11-12-24-14-20(15)17-7-9-18(10-8-17)21-19(22(27)26-23(28)25-21)13-16-5-3-2-4-6-16/h2-7,11-12,14,18H,8-10,13H2,1H3,(H2,25,26,27,28). The number of benzene rings is 1. The number of rotatable bonds is 4. The molecule has 0 saturated heterocycles. The van der Waals surface area contributed by atoms with Crippen molar-refractivity contribution in [1.29, 1.82) is 0 Å². The molecule has 1 unspecified atom stereocenters. The van der Waals surface area contributed by atoms with Crippen molar-refractivity contribution in [3.63, 3.8) is 0 Å². The van der Waals surface area contributed by atoms with Gasteiger partial charge >= 0.3 is 5.69 Å². The van der Waals surface area contributed by atoms with E-state index in [-0.39, 0.29) is 11.5 Å². The highest BCUT2D eigenvalue weighted by atomic mass is 16.2. The first kappa shape index (κ1) is 18.2. The molecule has 0 saturated carbocycles. The first-order chi connectivity index (χ1) is 13.6. The van der Waals surface area contributed by atoms with Crippen molar-refractivity contribution in [1.82, 2.24) is 15.0 Å². The molecular formula is C23H23N3O2. The van der Waals surface area contributed by atoms with Gasteiger partial charge in [-0.05, 0) is 54.5 Å². The van der Waals surface area contributed by atoms with Crippen molar-refractivity contribution < 1.29 is 0 Å². The number of nitrogens with one attached hydrogen (secondary N) is 2. The smallest absolute Gasteiger partial charge is 0.311 e. The molecule has 0 fully saturated rings. The predicted molar refractivity (Wildman–Crippen MR) is 110 cm³/mol. The Kier molecular flexibility index (Phi) is 5.06. The van der Waals surface area contributed by atoms with E-state index in [1.165, 1.54) is 16.7 Å². The van der Waals surface area contributed by atoms with Gasteiger partial charge in [-0.1, -0.05) is 36.4 Å². The van der Waals surface area contributed by atoms with Crippen molar-refractivity contribution in [2.45, 2.75) is 38.5 Å². The Morgan fingerprint density at radius 2 is 1.93 bits per heavy atom. The third kappa shape index (κ3) is 3.74. The molecule has 2 N–H and O–H groups in total. The van der Waals surface area contributed by atoms with Gasteiger partial charge in [0.1, 0.15) is 0 Å². The monoisotopic (exact) mass is 373 g/mol. The highest BCUT2D eigenvalue weighted by molar-refractivity contribution is 5.68. The van der Waals surface area contributed by atoms with Gasteiger partial charge in [0, 0.05) is 36.0 Å². The van der Waals surface area contributed by atoms with Crippen LogP contribution in [0.3, 0.4) is 0 Å². The SMILES string of the molecule is Cc1ccncc1C1=CCC(c2[nH]c(=O)[nH]c(=O)c2Cc2ccccc2)CC1. The van der Waals surface area contributed by atoms with Crippen LogP contribution in [0.4, 0.5) is 0 Å². The molecule has 4 rings (SSSR count). The molecule has 0 spiro atoms. The summed E-state index contributed by atoms with van der Waals surface area (Å²) in [5.41, 5.74) is 5.45. The topological polar surface area (TPSA) is 78.6 Å². The average Bonchev–Trinajstić information content (AvgIpc) is 2.71. The molecule has 3 aromatic rings. The third-order valence-electron chi connectivity index (χ3n) is 5.50. The van der Waals surface area contributed by atoms with Crippen LogP contribution in [0.5, 0.6) is 0 Å². The summed E-state index contributed by atoms with van der Waals surface area (Å²) in [6, 6.07) is 11.9. The zero-order valence-corrected chi connectivity index (χ0v) is 15.9. The van der Waals surface area contributed by atoms with Crippen LogP contribution in [-0.2, 0) is 6.42 Å². The van der Waals surface area contributed by atoms with E-state index in [1.54, 1.807) is 0 Å². The van der Waals surface area contributed by atoms with Gasteiger partial charge in [0.05, 0.1) is 0 Å². The largest absolute Gasteiger partial charge is 0.325 e. The Balaban J connectivity index is 1.66. The molecule has 1 aliphatic rings. The second-order valence-electron chi connectivity index (χ2n) is 7.35. The van der Waals surface area contributed by atoms with E-state index in [0.29, 0.717) is 12.0 Å². The van der Waals surface area contributed by atoms with Crippen LogP contribution in [0, 0.1) is 6.92 Å². The van der Waals surface area contributed by atoms with E-state index in [4.69, 9.17) is 0 Å². The summed E-state index contributed by atoms with van der Waals surface area (Å²) >= 11 is 0. The lowest BCUT2D eigenvalue weighted by Gasteiger charge is -2.24. The molecular weight excluding hydrogens is 350 g/mol. The summed E-state index contributed by atoms with van der Waals surface area (Å²) in [6.45, 7) is 2.09. The third-order valence-corrected chi connectivity index (χ3v) is 5.50. The molecule has 28 heavy (non-hydrogen) atoms. The number of aromatic amines is 2. The van der Waals surface area contributed by atoms with Crippen molar-refractivity contribution in [2.24, 2.45) is 0 Å². The highest BCUT2D eigenvalue weighted by Gasteiger charge is 2.23. The molecule has 1 aromatic carbocycles. The highest BCUT2D eigenvalue weighted by Crippen LogP contribution is 2.36. The van der Waals surface area contributed by atoms with Crippen molar-refractivity contribution in [2.75, 3.05) is 0 Å². The Hall–Kier alpha value is -3.21. The van der Waals surface area contributed by atoms with E-state index in [0.717, 1.165) is 30.5 Å². The molecule has 5 heteroatoms. The van der Waals surface area contributed by atoms with E-state index < -0.39 is 5.69 Å². The van der Waals surface area contributed by atoms with Crippen molar-refractivity contribution in [3.05, 3.63) is 104 Å². The maximum atomic E-state index is 12.5. The minimum absolute atomic E-state index is 0.134. The Morgan fingerprint density at radius 1 is 1.11 bits per heavy atom. The van der Waals surface area contributed by atoms with Crippen LogP contribution >= 0.6 is 0 Å². The zero-order chi connectivity index (χ0) is 19.5. The van der Waals surface area contributed by atoms with E-state index >= 15 is 0 Å². The summed E-state index contributed by atoms with van der Waals surface area (Å²) in [7, 11) is 0. The first-order valence-electron chi connectivity index (χ1n) is 9.61. The number of allylic oxidation sites excluding steroid dienone is 2. The summed E-state index contributed by atoms with van der Waals surface area (Å²) < 4.78 is 0. The minimum Gasteiger partial charge on any atom is -0.311 e. The number of hydrogen-bond donors (Lipinski definition) is 2. The Labute approximate surface area is 163 Å². The lowest BCUT2D eigenvalue weighted by molar-refractivity contribution is 0.595. The summed E-state index contributed by atoms with van der Waals surface area (Å²) in [4.78, 5) is 34.1. The van der Waals surface area contributed by atoms with Gasteiger partial charge < -0.3 is 4.98 Å². The second-order valence-corrected chi connectivity index (χ2v) is 7.35.